The van der Waals surface area contributed by atoms with Gasteiger partial charge in [-0.3, -0.25) is 9.59 Å². The molecule has 5 nitrogen and oxygen atoms in total. The molecule has 0 aliphatic heterocycles. The number of carbonyl (C=O) groups is 2. The van der Waals surface area contributed by atoms with Crippen molar-refractivity contribution in [3.63, 3.8) is 0 Å². The fourth-order valence-electron chi connectivity index (χ4n) is 2.45. The van der Waals surface area contributed by atoms with Crippen LogP contribution in [0.15, 0.2) is 42.5 Å². The summed E-state index contributed by atoms with van der Waals surface area (Å²) in [5.74, 6) is -0.194. The van der Waals surface area contributed by atoms with Crippen LogP contribution < -0.4 is 15.4 Å². The lowest BCUT2D eigenvalue weighted by atomic mass is 10.1. The van der Waals surface area contributed by atoms with E-state index in [-0.39, 0.29) is 24.0 Å². The molecule has 0 bridgehead atoms. The Bertz CT molecular complexity index is 789. The third kappa shape index (κ3) is 6.40. The van der Waals surface area contributed by atoms with Gasteiger partial charge in [0.1, 0.15) is 0 Å². The molecule has 6 heteroatoms. The average molecular weight is 372 g/mol. The van der Waals surface area contributed by atoms with Gasteiger partial charge in [-0.25, -0.2) is 4.39 Å². The molecule has 27 heavy (non-hydrogen) atoms. The quantitative estimate of drug-likeness (QED) is 0.741. The van der Waals surface area contributed by atoms with E-state index in [2.05, 4.69) is 10.6 Å². The standard InChI is InChI=1S/C21H25FN2O3/c1-14(2)13-23-21(26)16-6-8-17(9-7-16)24-20(25)11-5-15-4-10-19(27-3)18(22)12-15/h4,6-10,12,14H,5,11,13H2,1-3H3,(H,23,26)(H,24,25). The Balaban J connectivity index is 1.85. The molecule has 0 radical (unpaired) electrons. The van der Waals surface area contributed by atoms with Crippen molar-refractivity contribution >= 4 is 17.5 Å². The minimum Gasteiger partial charge on any atom is -0.494 e. The first-order valence-electron chi connectivity index (χ1n) is 8.89. The second kappa shape index (κ2) is 9.71. The van der Waals surface area contributed by atoms with Gasteiger partial charge in [0.15, 0.2) is 11.6 Å². The van der Waals surface area contributed by atoms with E-state index in [0.717, 1.165) is 5.56 Å². The van der Waals surface area contributed by atoms with E-state index in [1.54, 1.807) is 36.4 Å². The zero-order valence-corrected chi connectivity index (χ0v) is 15.8. The second-order valence-corrected chi connectivity index (χ2v) is 6.70. The van der Waals surface area contributed by atoms with Crippen molar-refractivity contribution in [3.8, 4) is 5.75 Å². The highest BCUT2D eigenvalue weighted by Crippen LogP contribution is 2.18. The van der Waals surface area contributed by atoms with Crippen molar-refractivity contribution in [1.29, 1.82) is 0 Å². The van der Waals surface area contributed by atoms with Crippen LogP contribution in [0.3, 0.4) is 0 Å². The van der Waals surface area contributed by atoms with Gasteiger partial charge in [0, 0.05) is 24.2 Å². The molecule has 0 aromatic heterocycles. The summed E-state index contributed by atoms with van der Waals surface area (Å²) >= 11 is 0. The van der Waals surface area contributed by atoms with Crippen LogP contribution in [0.1, 0.15) is 36.2 Å². The van der Waals surface area contributed by atoms with E-state index in [9.17, 15) is 14.0 Å². The zero-order chi connectivity index (χ0) is 19.8. The largest absolute Gasteiger partial charge is 0.494 e. The Hall–Kier alpha value is -2.89. The van der Waals surface area contributed by atoms with Gasteiger partial charge < -0.3 is 15.4 Å². The van der Waals surface area contributed by atoms with Crippen LogP contribution in [0, 0.1) is 11.7 Å². The molecule has 0 unspecified atom stereocenters. The lowest BCUT2D eigenvalue weighted by Gasteiger charge is -2.09. The van der Waals surface area contributed by atoms with E-state index in [0.29, 0.717) is 30.1 Å². The number of carbonyl (C=O) groups excluding carboxylic acids is 2. The number of rotatable bonds is 8. The molecular formula is C21H25FN2O3. The van der Waals surface area contributed by atoms with Crippen molar-refractivity contribution in [1.82, 2.24) is 5.32 Å². The van der Waals surface area contributed by atoms with Gasteiger partial charge in [-0.15, -0.1) is 0 Å². The number of anilines is 1. The lowest BCUT2D eigenvalue weighted by Crippen LogP contribution is -2.27. The summed E-state index contributed by atoms with van der Waals surface area (Å²) in [6, 6.07) is 11.4. The number of hydrogen-bond donors (Lipinski definition) is 2. The lowest BCUT2D eigenvalue weighted by molar-refractivity contribution is -0.116. The van der Waals surface area contributed by atoms with Crippen LogP contribution >= 0.6 is 0 Å². The number of hydrogen-bond acceptors (Lipinski definition) is 3. The normalized spacial score (nSPS) is 10.6. The monoisotopic (exact) mass is 372 g/mol. The molecule has 0 aliphatic rings. The van der Waals surface area contributed by atoms with Crippen LogP contribution in [-0.4, -0.2) is 25.5 Å². The van der Waals surface area contributed by atoms with Gasteiger partial charge in [-0.05, 0) is 54.3 Å². The number of nitrogens with one attached hydrogen (secondary N) is 2. The summed E-state index contributed by atoms with van der Waals surface area (Å²) in [5.41, 5.74) is 1.88. The van der Waals surface area contributed by atoms with E-state index in [1.165, 1.54) is 13.2 Å². The SMILES string of the molecule is COc1ccc(CCC(=O)Nc2ccc(C(=O)NCC(C)C)cc2)cc1F. The number of methoxy groups -OCH3 is 1. The maximum absolute atomic E-state index is 13.7. The number of ether oxygens (including phenoxy) is 1. The van der Waals surface area contributed by atoms with Crippen LogP contribution in [0.5, 0.6) is 5.75 Å². The smallest absolute Gasteiger partial charge is 0.251 e. The molecule has 2 aromatic carbocycles. The van der Waals surface area contributed by atoms with Gasteiger partial charge in [-0.2, -0.15) is 0 Å². The van der Waals surface area contributed by atoms with Gasteiger partial charge >= 0.3 is 0 Å². The first-order chi connectivity index (χ1) is 12.9. The molecule has 2 rings (SSSR count). The molecule has 0 saturated heterocycles. The number of benzene rings is 2. The highest BCUT2D eigenvalue weighted by molar-refractivity contribution is 5.95. The van der Waals surface area contributed by atoms with E-state index in [1.807, 2.05) is 13.8 Å². The summed E-state index contributed by atoms with van der Waals surface area (Å²) in [4.78, 5) is 24.1. The van der Waals surface area contributed by atoms with Crippen molar-refractivity contribution in [2.75, 3.05) is 19.0 Å². The first-order valence-corrected chi connectivity index (χ1v) is 8.89. The maximum atomic E-state index is 13.7. The molecule has 0 fully saturated rings. The third-order valence-corrected chi connectivity index (χ3v) is 3.96. The molecule has 0 atom stereocenters. The average Bonchev–Trinajstić information content (AvgIpc) is 2.65. The molecule has 2 aromatic rings. The zero-order valence-electron chi connectivity index (χ0n) is 15.8. The predicted octanol–water partition coefficient (Wildman–Crippen LogP) is 3.79. The molecule has 2 amide bonds. The fraction of sp³-hybridized carbons (Fsp3) is 0.333. The number of aryl methyl sites for hydroxylation is 1. The van der Waals surface area contributed by atoms with Crippen molar-refractivity contribution in [2.24, 2.45) is 5.92 Å². The van der Waals surface area contributed by atoms with E-state index >= 15 is 0 Å². The van der Waals surface area contributed by atoms with E-state index in [4.69, 9.17) is 4.74 Å². The highest BCUT2D eigenvalue weighted by Gasteiger charge is 2.09. The first kappa shape index (κ1) is 20.4. The molecule has 2 N–H and O–H groups in total. The maximum Gasteiger partial charge on any atom is 0.251 e. The van der Waals surface area contributed by atoms with Crippen LogP contribution in [0.25, 0.3) is 0 Å². The van der Waals surface area contributed by atoms with E-state index < -0.39 is 5.82 Å². The minimum atomic E-state index is -0.443. The van der Waals surface area contributed by atoms with Gasteiger partial charge in [0.25, 0.3) is 5.91 Å². The fourth-order valence-corrected chi connectivity index (χ4v) is 2.45. The predicted molar refractivity (Wildman–Crippen MR) is 104 cm³/mol. The summed E-state index contributed by atoms with van der Waals surface area (Å²) in [6.45, 7) is 4.67. The van der Waals surface area contributed by atoms with Crippen LogP contribution in [-0.2, 0) is 11.2 Å². The molecule has 0 aliphatic carbocycles. The summed E-state index contributed by atoms with van der Waals surface area (Å²) in [5, 5.41) is 5.62. The Morgan fingerprint density at radius 1 is 1.11 bits per heavy atom. The Morgan fingerprint density at radius 2 is 1.81 bits per heavy atom. The molecule has 0 heterocycles. The third-order valence-electron chi connectivity index (χ3n) is 3.96. The van der Waals surface area contributed by atoms with Gasteiger partial charge in [0.2, 0.25) is 5.91 Å². The molecule has 144 valence electrons. The summed E-state index contributed by atoms with van der Waals surface area (Å²) in [7, 11) is 1.41. The van der Waals surface area contributed by atoms with Crippen molar-refractivity contribution in [2.45, 2.75) is 26.7 Å². The molecular weight excluding hydrogens is 347 g/mol. The molecule has 0 saturated carbocycles. The summed E-state index contributed by atoms with van der Waals surface area (Å²) < 4.78 is 18.5. The van der Waals surface area contributed by atoms with Crippen LogP contribution in [0.2, 0.25) is 0 Å². The number of amides is 2. The highest BCUT2D eigenvalue weighted by atomic mass is 19.1. The van der Waals surface area contributed by atoms with Crippen molar-refractivity contribution < 1.29 is 18.7 Å². The Kier molecular flexibility index (Phi) is 7.34. The molecule has 0 spiro atoms. The van der Waals surface area contributed by atoms with Gasteiger partial charge in [-0.1, -0.05) is 19.9 Å². The Labute approximate surface area is 158 Å². The minimum absolute atomic E-state index is 0.136. The second-order valence-electron chi connectivity index (χ2n) is 6.70. The summed E-state index contributed by atoms with van der Waals surface area (Å²) in [6.07, 6.45) is 0.644. The Morgan fingerprint density at radius 3 is 2.41 bits per heavy atom. The van der Waals surface area contributed by atoms with Crippen molar-refractivity contribution in [3.05, 3.63) is 59.4 Å². The topological polar surface area (TPSA) is 67.4 Å². The number of halogens is 1. The van der Waals surface area contributed by atoms with Crippen LogP contribution in [0.4, 0.5) is 10.1 Å². The van der Waals surface area contributed by atoms with Gasteiger partial charge in [0.05, 0.1) is 7.11 Å².